The number of amides is 1. The Kier molecular flexibility index (Phi) is 5.56. The molecular weight excluding hydrogens is 180 g/mol. The zero-order chi connectivity index (χ0) is 10.2. The fraction of sp³-hybridized carbons (Fsp3) is 0.900. The van der Waals surface area contributed by atoms with Crippen LogP contribution in [0, 0.1) is 5.92 Å². The molecule has 0 saturated carbocycles. The van der Waals surface area contributed by atoms with Gasteiger partial charge in [-0.25, -0.2) is 0 Å². The van der Waals surface area contributed by atoms with Crippen LogP contribution in [0.15, 0.2) is 0 Å². The van der Waals surface area contributed by atoms with Crippen molar-refractivity contribution >= 4 is 5.91 Å². The second kappa shape index (κ2) is 6.79. The van der Waals surface area contributed by atoms with E-state index in [1.165, 1.54) is 0 Å². The molecule has 0 radical (unpaired) electrons. The molecule has 0 bridgehead atoms. The molecule has 0 aromatic rings. The van der Waals surface area contributed by atoms with Gasteiger partial charge in [0.05, 0.1) is 13.2 Å². The molecule has 0 aliphatic carbocycles. The summed E-state index contributed by atoms with van der Waals surface area (Å²) in [6.07, 6.45) is 1.53. The topological polar surface area (TPSA) is 50.4 Å². The highest BCUT2D eigenvalue weighted by molar-refractivity contribution is 5.75. The van der Waals surface area contributed by atoms with E-state index < -0.39 is 0 Å². The molecule has 0 aromatic heterocycles. The van der Waals surface area contributed by atoms with Gasteiger partial charge in [-0.05, 0) is 6.42 Å². The maximum atomic E-state index is 11.2. The predicted molar refractivity (Wildman–Crippen MR) is 55.1 cm³/mol. The lowest BCUT2D eigenvalue weighted by Crippen LogP contribution is -2.35. The highest BCUT2D eigenvalue weighted by Gasteiger charge is 2.12. The quantitative estimate of drug-likeness (QED) is 0.678. The SMILES string of the molecule is CCCC(=O)NCC1CNCCOC1. The molecular formula is C10H20N2O2. The van der Waals surface area contributed by atoms with Crippen LogP contribution in [0.2, 0.25) is 0 Å². The highest BCUT2D eigenvalue weighted by Crippen LogP contribution is 1.98. The number of nitrogens with one attached hydrogen (secondary N) is 2. The van der Waals surface area contributed by atoms with E-state index in [4.69, 9.17) is 4.74 Å². The van der Waals surface area contributed by atoms with Crippen LogP contribution >= 0.6 is 0 Å². The second-order valence-electron chi connectivity index (χ2n) is 3.70. The molecule has 1 amide bonds. The number of ether oxygens (including phenoxy) is 1. The molecule has 1 fully saturated rings. The maximum Gasteiger partial charge on any atom is 0.219 e. The van der Waals surface area contributed by atoms with Crippen LogP contribution < -0.4 is 10.6 Å². The molecule has 2 N–H and O–H groups in total. The van der Waals surface area contributed by atoms with Crippen molar-refractivity contribution in [3.05, 3.63) is 0 Å². The fourth-order valence-corrected chi connectivity index (χ4v) is 1.46. The molecule has 14 heavy (non-hydrogen) atoms. The Balaban J connectivity index is 2.12. The number of carbonyl (C=O) groups is 1. The Labute approximate surface area is 85.4 Å². The Hall–Kier alpha value is -0.610. The van der Waals surface area contributed by atoms with Gasteiger partial charge in [-0.1, -0.05) is 6.92 Å². The van der Waals surface area contributed by atoms with E-state index in [2.05, 4.69) is 10.6 Å². The number of rotatable bonds is 4. The van der Waals surface area contributed by atoms with Gasteiger partial charge in [0.15, 0.2) is 0 Å². The normalized spacial score (nSPS) is 22.8. The molecule has 4 nitrogen and oxygen atoms in total. The van der Waals surface area contributed by atoms with Crippen LogP contribution in [0.25, 0.3) is 0 Å². The Morgan fingerprint density at radius 2 is 2.50 bits per heavy atom. The molecule has 1 atom stereocenters. The van der Waals surface area contributed by atoms with E-state index in [-0.39, 0.29) is 5.91 Å². The third-order valence-corrected chi connectivity index (χ3v) is 2.27. The van der Waals surface area contributed by atoms with Gasteiger partial charge in [0, 0.05) is 32.0 Å². The minimum absolute atomic E-state index is 0.150. The lowest BCUT2D eigenvalue weighted by molar-refractivity contribution is -0.121. The second-order valence-corrected chi connectivity index (χ2v) is 3.70. The molecule has 1 rings (SSSR count). The Morgan fingerprint density at radius 1 is 1.64 bits per heavy atom. The third kappa shape index (κ3) is 4.58. The van der Waals surface area contributed by atoms with Crippen LogP contribution in [-0.2, 0) is 9.53 Å². The number of carbonyl (C=O) groups excluding carboxylic acids is 1. The van der Waals surface area contributed by atoms with E-state index in [0.29, 0.717) is 12.3 Å². The fourth-order valence-electron chi connectivity index (χ4n) is 1.46. The van der Waals surface area contributed by atoms with Crippen molar-refractivity contribution in [1.82, 2.24) is 10.6 Å². The molecule has 0 aromatic carbocycles. The molecule has 4 heteroatoms. The number of hydrogen-bond acceptors (Lipinski definition) is 3. The zero-order valence-electron chi connectivity index (χ0n) is 8.84. The van der Waals surface area contributed by atoms with Crippen LogP contribution in [0.1, 0.15) is 19.8 Å². The molecule has 1 unspecified atom stereocenters. The first-order valence-corrected chi connectivity index (χ1v) is 5.38. The summed E-state index contributed by atoms with van der Waals surface area (Å²) in [6, 6.07) is 0. The van der Waals surface area contributed by atoms with Crippen LogP contribution in [-0.4, -0.2) is 38.8 Å². The lowest BCUT2D eigenvalue weighted by atomic mass is 10.1. The van der Waals surface area contributed by atoms with Crippen molar-refractivity contribution in [3.8, 4) is 0 Å². The van der Waals surface area contributed by atoms with Gasteiger partial charge < -0.3 is 15.4 Å². The van der Waals surface area contributed by atoms with Crippen molar-refractivity contribution < 1.29 is 9.53 Å². The first-order valence-electron chi connectivity index (χ1n) is 5.38. The highest BCUT2D eigenvalue weighted by atomic mass is 16.5. The van der Waals surface area contributed by atoms with Crippen molar-refractivity contribution in [2.24, 2.45) is 5.92 Å². The van der Waals surface area contributed by atoms with Gasteiger partial charge >= 0.3 is 0 Å². The van der Waals surface area contributed by atoms with E-state index in [1.54, 1.807) is 0 Å². The molecule has 1 aliphatic rings. The number of hydrogen-bond donors (Lipinski definition) is 2. The Morgan fingerprint density at radius 3 is 3.29 bits per heavy atom. The average Bonchev–Trinajstić information content (AvgIpc) is 2.43. The predicted octanol–water partition coefficient (Wildman–Crippen LogP) is 0.139. The Bertz CT molecular complexity index is 166. The smallest absolute Gasteiger partial charge is 0.219 e. The standard InChI is InChI=1S/C10H20N2O2/c1-2-3-10(13)12-7-9-6-11-4-5-14-8-9/h9,11H,2-8H2,1H3,(H,12,13). The average molecular weight is 200 g/mol. The van der Waals surface area contributed by atoms with E-state index in [1.807, 2.05) is 6.92 Å². The summed E-state index contributed by atoms with van der Waals surface area (Å²) in [5, 5.41) is 6.20. The van der Waals surface area contributed by atoms with Gasteiger partial charge in [0.2, 0.25) is 5.91 Å². The summed E-state index contributed by atoms with van der Waals surface area (Å²) in [7, 11) is 0. The van der Waals surface area contributed by atoms with Crippen molar-refractivity contribution in [2.45, 2.75) is 19.8 Å². The zero-order valence-corrected chi connectivity index (χ0v) is 8.84. The summed E-state index contributed by atoms with van der Waals surface area (Å²) in [5.74, 6) is 0.565. The van der Waals surface area contributed by atoms with Crippen molar-refractivity contribution in [1.29, 1.82) is 0 Å². The first kappa shape index (κ1) is 11.5. The van der Waals surface area contributed by atoms with Gasteiger partial charge in [-0.15, -0.1) is 0 Å². The largest absolute Gasteiger partial charge is 0.380 e. The molecule has 82 valence electrons. The summed E-state index contributed by atoms with van der Waals surface area (Å²) < 4.78 is 5.39. The van der Waals surface area contributed by atoms with Gasteiger partial charge in [-0.3, -0.25) is 4.79 Å². The maximum absolute atomic E-state index is 11.2. The monoisotopic (exact) mass is 200 g/mol. The van der Waals surface area contributed by atoms with Crippen molar-refractivity contribution in [3.63, 3.8) is 0 Å². The van der Waals surface area contributed by atoms with Gasteiger partial charge in [-0.2, -0.15) is 0 Å². The molecule has 0 spiro atoms. The summed E-state index contributed by atoms with van der Waals surface area (Å²) in [5.41, 5.74) is 0. The van der Waals surface area contributed by atoms with E-state index in [9.17, 15) is 4.79 Å². The minimum Gasteiger partial charge on any atom is -0.380 e. The van der Waals surface area contributed by atoms with E-state index in [0.717, 1.165) is 39.3 Å². The van der Waals surface area contributed by atoms with E-state index >= 15 is 0 Å². The van der Waals surface area contributed by atoms with Gasteiger partial charge in [0.25, 0.3) is 0 Å². The minimum atomic E-state index is 0.150. The summed E-state index contributed by atoms with van der Waals surface area (Å²) in [4.78, 5) is 11.2. The third-order valence-electron chi connectivity index (χ3n) is 2.27. The molecule has 1 saturated heterocycles. The van der Waals surface area contributed by atoms with Gasteiger partial charge in [0.1, 0.15) is 0 Å². The van der Waals surface area contributed by atoms with Crippen LogP contribution in [0.4, 0.5) is 0 Å². The first-order chi connectivity index (χ1) is 6.83. The summed E-state index contributed by atoms with van der Waals surface area (Å²) >= 11 is 0. The summed E-state index contributed by atoms with van der Waals surface area (Å²) in [6.45, 7) is 6.12. The lowest BCUT2D eigenvalue weighted by Gasteiger charge is -2.14. The molecule has 1 aliphatic heterocycles. The van der Waals surface area contributed by atoms with Crippen LogP contribution in [0.5, 0.6) is 0 Å². The molecule has 1 heterocycles. The van der Waals surface area contributed by atoms with Crippen LogP contribution in [0.3, 0.4) is 0 Å². The van der Waals surface area contributed by atoms with Crippen molar-refractivity contribution in [2.75, 3.05) is 32.8 Å².